The average molecular weight is 257 g/mol. The van der Waals surface area contributed by atoms with Gasteiger partial charge >= 0.3 is 0 Å². The lowest BCUT2D eigenvalue weighted by atomic mass is 10.0. The Morgan fingerprint density at radius 3 is 2.63 bits per heavy atom. The van der Waals surface area contributed by atoms with Crippen molar-refractivity contribution in [2.24, 2.45) is 5.92 Å². The third kappa shape index (κ3) is 1.70. The maximum atomic E-state index is 14.1. The van der Waals surface area contributed by atoms with Crippen LogP contribution in [0.4, 0.5) is 4.39 Å². The van der Waals surface area contributed by atoms with Crippen LogP contribution in [0.2, 0.25) is 0 Å². The predicted octanol–water partition coefficient (Wildman–Crippen LogP) is 3.41. The van der Waals surface area contributed by atoms with Gasteiger partial charge in [-0.3, -0.25) is 0 Å². The Kier molecular flexibility index (Phi) is 2.28. The maximum Gasteiger partial charge on any atom is 0.162 e. The normalized spacial score (nSPS) is 32.3. The standard InChI is InChI=1S/C15H16FN3/c1-9-7-11(9)14-17-15-12(16)8-13(19(15)18-14)10-5-3-2-4-6-10/h2-6,9,11-13H,7-8H2,1H3/t9?,11?,12-,13-/m0/s1. The predicted molar refractivity (Wildman–Crippen MR) is 69.6 cm³/mol. The first kappa shape index (κ1) is 11.1. The summed E-state index contributed by atoms with van der Waals surface area (Å²) in [4.78, 5) is 4.44. The first-order chi connectivity index (χ1) is 9.24. The van der Waals surface area contributed by atoms with Gasteiger partial charge in [-0.1, -0.05) is 37.3 Å². The molecule has 3 nitrogen and oxygen atoms in total. The van der Waals surface area contributed by atoms with Gasteiger partial charge in [0.1, 0.15) is 0 Å². The molecule has 0 saturated heterocycles. The van der Waals surface area contributed by atoms with Crippen LogP contribution in [-0.2, 0) is 0 Å². The van der Waals surface area contributed by atoms with E-state index in [2.05, 4.69) is 17.0 Å². The summed E-state index contributed by atoms with van der Waals surface area (Å²) in [5.41, 5.74) is 1.11. The lowest BCUT2D eigenvalue weighted by Gasteiger charge is -2.11. The van der Waals surface area contributed by atoms with E-state index < -0.39 is 6.17 Å². The minimum atomic E-state index is -0.986. The molecule has 0 bridgehead atoms. The molecule has 4 atom stereocenters. The van der Waals surface area contributed by atoms with Gasteiger partial charge in [0.05, 0.1) is 6.04 Å². The molecule has 2 heterocycles. The number of halogens is 1. The molecule has 0 N–H and O–H groups in total. The fourth-order valence-corrected chi connectivity index (χ4v) is 2.99. The van der Waals surface area contributed by atoms with Crippen molar-refractivity contribution in [3.8, 4) is 0 Å². The van der Waals surface area contributed by atoms with Crippen LogP contribution >= 0.6 is 0 Å². The van der Waals surface area contributed by atoms with Crippen LogP contribution in [-0.4, -0.2) is 14.8 Å². The van der Waals surface area contributed by atoms with Crippen LogP contribution in [0.3, 0.4) is 0 Å². The Morgan fingerprint density at radius 1 is 1.21 bits per heavy atom. The molecule has 1 saturated carbocycles. The van der Waals surface area contributed by atoms with Gasteiger partial charge in [0, 0.05) is 12.3 Å². The number of aromatic nitrogens is 3. The van der Waals surface area contributed by atoms with E-state index >= 15 is 0 Å². The number of rotatable bonds is 2. The fourth-order valence-electron chi connectivity index (χ4n) is 2.99. The van der Waals surface area contributed by atoms with E-state index in [1.807, 2.05) is 30.3 Å². The Bertz CT molecular complexity index is 607. The summed E-state index contributed by atoms with van der Waals surface area (Å²) in [6.45, 7) is 2.19. The molecule has 4 rings (SSSR count). The summed E-state index contributed by atoms with van der Waals surface area (Å²) in [6, 6.07) is 10.0. The molecule has 1 aromatic carbocycles. The molecule has 1 aromatic heterocycles. The number of alkyl halides is 1. The van der Waals surface area contributed by atoms with Gasteiger partial charge in [-0.25, -0.2) is 14.1 Å². The zero-order valence-corrected chi connectivity index (χ0v) is 10.8. The van der Waals surface area contributed by atoms with Crippen molar-refractivity contribution in [1.29, 1.82) is 0 Å². The number of hydrogen-bond acceptors (Lipinski definition) is 2. The van der Waals surface area contributed by atoms with Gasteiger partial charge in [0.25, 0.3) is 0 Å². The van der Waals surface area contributed by atoms with Gasteiger partial charge in [-0.05, 0) is 17.9 Å². The summed E-state index contributed by atoms with van der Waals surface area (Å²) in [6.07, 6.45) is 0.608. The van der Waals surface area contributed by atoms with Gasteiger partial charge in [0.2, 0.25) is 0 Å². The van der Waals surface area contributed by atoms with Gasteiger partial charge < -0.3 is 0 Å². The molecule has 1 fully saturated rings. The van der Waals surface area contributed by atoms with Crippen molar-refractivity contribution in [2.45, 2.75) is 37.9 Å². The smallest absolute Gasteiger partial charge is 0.162 e. The van der Waals surface area contributed by atoms with Gasteiger partial charge in [0.15, 0.2) is 17.8 Å². The first-order valence-corrected chi connectivity index (χ1v) is 6.89. The van der Waals surface area contributed by atoms with Crippen molar-refractivity contribution >= 4 is 0 Å². The Morgan fingerprint density at radius 2 is 1.95 bits per heavy atom. The van der Waals surface area contributed by atoms with Crippen LogP contribution in [0, 0.1) is 5.92 Å². The Balaban J connectivity index is 1.73. The van der Waals surface area contributed by atoms with E-state index in [-0.39, 0.29) is 6.04 Å². The second-order valence-electron chi connectivity index (χ2n) is 5.72. The number of benzene rings is 1. The highest BCUT2D eigenvalue weighted by Crippen LogP contribution is 2.47. The summed E-state index contributed by atoms with van der Waals surface area (Å²) in [5.74, 6) is 2.45. The molecule has 1 aliphatic carbocycles. The van der Waals surface area contributed by atoms with Crippen molar-refractivity contribution in [3.63, 3.8) is 0 Å². The molecule has 1 aliphatic heterocycles. The molecule has 2 aromatic rings. The summed E-state index contributed by atoms with van der Waals surface area (Å²) in [7, 11) is 0. The monoisotopic (exact) mass is 257 g/mol. The quantitative estimate of drug-likeness (QED) is 0.825. The minimum absolute atomic E-state index is 0.00139. The molecule has 2 aliphatic rings. The molecule has 0 amide bonds. The zero-order valence-electron chi connectivity index (χ0n) is 10.8. The summed E-state index contributed by atoms with van der Waals surface area (Å²) < 4.78 is 15.9. The summed E-state index contributed by atoms with van der Waals surface area (Å²) >= 11 is 0. The van der Waals surface area contributed by atoms with Crippen LogP contribution in [0.15, 0.2) is 30.3 Å². The molecular formula is C15H16FN3. The second-order valence-corrected chi connectivity index (χ2v) is 5.72. The largest absolute Gasteiger partial charge is 0.239 e. The molecular weight excluding hydrogens is 241 g/mol. The van der Waals surface area contributed by atoms with E-state index in [0.717, 1.165) is 17.8 Å². The SMILES string of the molecule is CC1CC1c1nc2n(n1)[C@H](c1ccccc1)C[C@@H]2F. The number of hydrogen-bond donors (Lipinski definition) is 0. The number of fused-ring (bicyclic) bond motifs is 1. The lowest BCUT2D eigenvalue weighted by molar-refractivity contribution is 0.328. The minimum Gasteiger partial charge on any atom is -0.239 e. The van der Waals surface area contributed by atoms with E-state index in [9.17, 15) is 4.39 Å². The highest BCUT2D eigenvalue weighted by atomic mass is 19.1. The topological polar surface area (TPSA) is 30.7 Å². The van der Waals surface area contributed by atoms with E-state index in [1.54, 1.807) is 4.68 Å². The van der Waals surface area contributed by atoms with Crippen molar-refractivity contribution in [2.75, 3.05) is 0 Å². The van der Waals surface area contributed by atoms with Gasteiger partial charge in [-0.15, -0.1) is 0 Å². The van der Waals surface area contributed by atoms with Gasteiger partial charge in [-0.2, -0.15) is 5.10 Å². The highest BCUT2D eigenvalue weighted by Gasteiger charge is 2.41. The average Bonchev–Trinajstić information content (AvgIpc) is 2.87. The molecule has 0 spiro atoms. The van der Waals surface area contributed by atoms with Crippen LogP contribution in [0.25, 0.3) is 0 Å². The van der Waals surface area contributed by atoms with Crippen molar-refractivity contribution < 1.29 is 4.39 Å². The Hall–Kier alpha value is -1.71. The first-order valence-electron chi connectivity index (χ1n) is 6.89. The zero-order chi connectivity index (χ0) is 13.0. The number of nitrogens with zero attached hydrogens (tertiary/aromatic N) is 3. The molecule has 0 radical (unpaired) electrons. The third-order valence-corrected chi connectivity index (χ3v) is 4.31. The molecule has 98 valence electrons. The van der Waals surface area contributed by atoms with Crippen molar-refractivity contribution in [3.05, 3.63) is 47.5 Å². The molecule has 2 unspecified atom stereocenters. The van der Waals surface area contributed by atoms with Crippen LogP contribution < -0.4 is 0 Å². The maximum absolute atomic E-state index is 14.1. The van der Waals surface area contributed by atoms with Crippen LogP contribution in [0.1, 0.15) is 55.1 Å². The van der Waals surface area contributed by atoms with E-state index in [1.165, 1.54) is 0 Å². The second kappa shape index (κ2) is 3.89. The van der Waals surface area contributed by atoms with E-state index in [0.29, 0.717) is 24.1 Å². The Labute approximate surface area is 111 Å². The fraction of sp³-hybridized carbons (Fsp3) is 0.467. The highest BCUT2D eigenvalue weighted by molar-refractivity contribution is 5.24. The third-order valence-electron chi connectivity index (χ3n) is 4.31. The van der Waals surface area contributed by atoms with E-state index in [4.69, 9.17) is 0 Å². The molecule has 4 heteroatoms. The molecule has 19 heavy (non-hydrogen) atoms. The lowest BCUT2D eigenvalue weighted by Crippen LogP contribution is -2.07. The van der Waals surface area contributed by atoms with Crippen molar-refractivity contribution in [1.82, 2.24) is 14.8 Å². The summed E-state index contributed by atoms with van der Waals surface area (Å²) in [5, 5.41) is 4.58. The van der Waals surface area contributed by atoms with Crippen LogP contribution in [0.5, 0.6) is 0 Å².